The molecule has 1 N–H and O–H groups in total. The summed E-state index contributed by atoms with van der Waals surface area (Å²) in [6, 6.07) is 18.2. The number of hydrogen-bond donors (Lipinski definition) is 1. The number of alkyl halides is 8. The molecule has 0 aliphatic heterocycles. The Balaban J connectivity index is 2.18. The first-order valence-electron chi connectivity index (χ1n) is 12.4. The molecule has 3 aromatic carbocycles. The maximum absolute atomic E-state index is 13.7. The minimum absolute atomic E-state index is 0.0153. The van der Waals surface area contributed by atoms with E-state index < -0.39 is 53.8 Å². The lowest BCUT2D eigenvalue weighted by Gasteiger charge is -2.36. The quantitative estimate of drug-likeness (QED) is 0.232. The van der Waals surface area contributed by atoms with E-state index in [0.717, 1.165) is 24.3 Å². The van der Waals surface area contributed by atoms with E-state index in [-0.39, 0.29) is 24.1 Å². The van der Waals surface area contributed by atoms with Crippen molar-refractivity contribution in [1.29, 1.82) is 0 Å². The summed E-state index contributed by atoms with van der Waals surface area (Å²) in [5.41, 5.74) is -0.562. The summed E-state index contributed by atoms with van der Waals surface area (Å²) < 4.78 is 114. The van der Waals surface area contributed by atoms with Gasteiger partial charge in [0.2, 0.25) is 11.8 Å². The van der Waals surface area contributed by atoms with Gasteiger partial charge in [-0.05, 0) is 54.3 Å². The van der Waals surface area contributed by atoms with Gasteiger partial charge in [0.25, 0.3) is 0 Å². The van der Waals surface area contributed by atoms with E-state index in [1.165, 1.54) is 31.2 Å². The molecular weight excluding hydrogens is 562 g/mol. The number of benzene rings is 3. The maximum atomic E-state index is 13.7. The van der Waals surface area contributed by atoms with Gasteiger partial charge in [-0.3, -0.25) is 4.79 Å². The van der Waals surface area contributed by atoms with Crippen LogP contribution >= 0.6 is 0 Å². The number of halogens is 8. The summed E-state index contributed by atoms with van der Waals surface area (Å²) in [6.07, 6.45) is -10.6. The molecule has 0 bridgehead atoms. The van der Waals surface area contributed by atoms with Crippen molar-refractivity contribution in [1.82, 2.24) is 5.32 Å². The molecule has 0 aliphatic rings. The second-order valence-electron chi connectivity index (χ2n) is 9.73. The molecule has 3 rings (SSSR count). The molecule has 3 aromatic rings. The Hall–Kier alpha value is -3.83. The second kappa shape index (κ2) is 12.4. The second-order valence-corrected chi connectivity index (χ2v) is 9.73. The minimum Gasteiger partial charge on any atom is -0.406 e. The van der Waals surface area contributed by atoms with Crippen molar-refractivity contribution in [3.05, 3.63) is 95.6 Å². The van der Waals surface area contributed by atoms with Gasteiger partial charge in [0.15, 0.2) is 0 Å². The Morgan fingerprint density at radius 1 is 0.756 bits per heavy atom. The zero-order valence-electron chi connectivity index (χ0n) is 22.0. The van der Waals surface area contributed by atoms with Crippen LogP contribution in [0.1, 0.15) is 37.0 Å². The number of carbonyl (C=O) groups excluding carboxylic acids is 1. The molecule has 0 fully saturated rings. The van der Waals surface area contributed by atoms with Crippen molar-refractivity contribution in [3.8, 4) is 11.5 Å². The first-order valence-corrected chi connectivity index (χ1v) is 12.4. The van der Waals surface area contributed by atoms with Gasteiger partial charge >= 0.3 is 12.7 Å². The van der Waals surface area contributed by atoms with Gasteiger partial charge in [-0.2, -0.15) is 0 Å². The Bertz CT molecular complexity index is 1240. The van der Waals surface area contributed by atoms with Crippen molar-refractivity contribution in [2.24, 2.45) is 5.92 Å². The lowest BCUT2D eigenvalue weighted by Crippen LogP contribution is -2.44. The average Bonchev–Trinajstić information content (AvgIpc) is 2.85. The molecule has 1 unspecified atom stereocenters. The SMILES string of the molecule is CC(CC(=O)NCC(Cc1ccccc1)(c1cccc(OC(F)(F)F)c1)c1cccc(OC(F)(F)F)c1)C(C)(F)F. The fourth-order valence-corrected chi connectivity index (χ4v) is 4.34. The van der Waals surface area contributed by atoms with E-state index in [9.17, 15) is 39.9 Å². The Morgan fingerprint density at radius 3 is 1.68 bits per heavy atom. The highest BCUT2D eigenvalue weighted by Gasteiger charge is 2.39. The summed E-state index contributed by atoms with van der Waals surface area (Å²) in [5.74, 6) is -6.47. The predicted molar refractivity (Wildman–Crippen MR) is 135 cm³/mol. The molecule has 0 aliphatic carbocycles. The molecule has 41 heavy (non-hydrogen) atoms. The van der Waals surface area contributed by atoms with E-state index >= 15 is 0 Å². The number of nitrogens with one attached hydrogen (secondary N) is 1. The van der Waals surface area contributed by atoms with Crippen molar-refractivity contribution >= 4 is 5.91 Å². The van der Waals surface area contributed by atoms with Crippen molar-refractivity contribution < 1.29 is 49.4 Å². The topological polar surface area (TPSA) is 47.6 Å². The van der Waals surface area contributed by atoms with Crippen molar-refractivity contribution in [2.75, 3.05) is 6.54 Å². The van der Waals surface area contributed by atoms with E-state index in [1.54, 1.807) is 30.3 Å². The van der Waals surface area contributed by atoms with Gasteiger partial charge in [0.05, 0.1) is 0 Å². The fraction of sp³-hybridized carbons (Fsp3) is 0.345. The number of hydrogen-bond acceptors (Lipinski definition) is 3. The van der Waals surface area contributed by atoms with Crippen LogP contribution in [0, 0.1) is 5.92 Å². The molecule has 0 saturated heterocycles. The number of ether oxygens (including phenoxy) is 2. The zero-order chi connectivity index (χ0) is 30.5. The van der Waals surface area contributed by atoms with Crippen molar-refractivity contribution in [3.63, 3.8) is 0 Å². The lowest BCUT2D eigenvalue weighted by molar-refractivity contribution is -0.275. The van der Waals surface area contributed by atoms with Gasteiger partial charge in [-0.15, -0.1) is 26.3 Å². The molecule has 222 valence electrons. The van der Waals surface area contributed by atoms with Crippen LogP contribution in [-0.4, -0.2) is 31.1 Å². The summed E-state index contributed by atoms with van der Waals surface area (Å²) >= 11 is 0. The summed E-state index contributed by atoms with van der Waals surface area (Å²) in [7, 11) is 0. The van der Waals surface area contributed by atoms with Gasteiger partial charge in [0.1, 0.15) is 11.5 Å². The number of rotatable bonds is 11. The first kappa shape index (κ1) is 31.7. The predicted octanol–water partition coefficient (Wildman–Crippen LogP) is 7.81. The molecule has 0 radical (unpaired) electrons. The normalized spacial score (nSPS) is 13.4. The third-order valence-electron chi connectivity index (χ3n) is 6.53. The standard InChI is InChI=1S/C29H27F8NO3/c1-19(26(2,30)31)14-25(39)38-18-27(17-20-8-4-3-5-9-20,21-10-6-12-23(15-21)40-28(32,33)34)22-11-7-13-24(16-22)41-29(35,36)37/h3-13,15-16,19H,14,17-18H2,1-2H3,(H,38,39). The molecule has 0 heterocycles. The van der Waals surface area contributed by atoms with Gasteiger partial charge < -0.3 is 14.8 Å². The average molecular weight is 590 g/mol. The van der Waals surface area contributed by atoms with E-state index in [2.05, 4.69) is 14.8 Å². The van der Waals surface area contributed by atoms with Crippen LogP contribution < -0.4 is 14.8 Å². The molecule has 12 heteroatoms. The molecule has 1 atom stereocenters. The van der Waals surface area contributed by atoms with E-state index in [1.807, 2.05) is 0 Å². The highest BCUT2D eigenvalue weighted by atomic mass is 19.4. The molecule has 0 aromatic heterocycles. The van der Waals surface area contributed by atoms with Crippen LogP contribution in [0.5, 0.6) is 11.5 Å². The third-order valence-corrected chi connectivity index (χ3v) is 6.53. The third kappa shape index (κ3) is 9.36. The van der Waals surface area contributed by atoms with Crippen LogP contribution in [0.3, 0.4) is 0 Å². The van der Waals surface area contributed by atoms with E-state index in [0.29, 0.717) is 12.5 Å². The lowest BCUT2D eigenvalue weighted by atomic mass is 9.70. The van der Waals surface area contributed by atoms with Gasteiger partial charge in [-0.25, -0.2) is 8.78 Å². The summed E-state index contributed by atoms with van der Waals surface area (Å²) in [4.78, 5) is 12.8. The van der Waals surface area contributed by atoms with Crippen LogP contribution in [0.2, 0.25) is 0 Å². The number of amides is 1. The zero-order valence-corrected chi connectivity index (χ0v) is 22.0. The minimum atomic E-state index is -5.03. The smallest absolute Gasteiger partial charge is 0.406 e. The molecule has 1 amide bonds. The van der Waals surface area contributed by atoms with Crippen molar-refractivity contribution in [2.45, 2.75) is 50.8 Å². The monoisotopic (exact) mass is 589 g/mol. The molecule has 0 saturated carbocycles. The molecule has 4 nitrogen and oxygen atoms in total. The highest BCUT2D eigenvalue weighted by Crippen LogP contribution is 2.40. The van der Waals surface area contributed by atoms with Crippen LogP contribution in [0.15, 0.2) is 78.9 Å². The van der Waals surface area contributed by atoms with Gasteiger partial charge in [-0.1, -0.05) is 61.5 Å². The maximum Gasteiger partial charge on any atom is 0.573 e. The van der Waals surface area contributed by atoms with Crippen LogP contribution in [-0.2, 0) is 16.6 Å². The van der Waals surface area contributed by atoms with Crippen LogP contribution in [0.4, 0.5) is 35.1 Å². The largest absolute Gasteiger partial charge is 0.573 e. The molecular formula is C29H27F8NO3. The first-order chi connectivity index (χ1) is 19.0. The van der Waals surface area contributed by atoms with Gasteiger partial charge in [0, 0.05) is 24.3 Å². The summed E-state index contributed by atoms with van der Waals surface area (Å²) in [6.45, 7) is 1.49. The van der Waals surface area contributed by atoms with E-state index in [4.69, 9.17) is 0 Å². The fourth-order valence-electron chi connectivity index (χ4n) is 4.34. The Morgan fingerprint density at radius 2 is 1.24 bits per heavy atom. The van der Waals surface area contributed by atoms with Crippen LogP contribution in [0.25, 0.3) is 0 Å². The summed E-state index contributed by atoms with van der Waals surface area (Å²) in [5, 5.41) is 2.58. The molecule has 0 spiro atoms. The highest BCUT2D eigenvalue weighted by molar-refractivity contribution is 5.76. The number of carbonyl (C=O) groups is 1. The Labute approximate surface area is 231 Å². The Kier molecular flexibility index (Phi) is 9.55.